The van der Waals surface area contributed by atoms with E-state index in [2.05, 4.69) is 24.1 Å². The largest absolute Gasteiger partial charge is 0.310 e. The van der Waals surface area contributed by atoms with E-state index in [0.717, 1.165) is 47.8 Å². The van der Waals surface area contributed by atoms with E-state index in [4.69, 9.17) is 4.98 Å². The molecule has 134 valence electrons. The van der Waals surface area contributed by atoms with E-state index in [0.29, 0.717) is 5.82 Å². The molecule has 0 aliphatic carbocycles. The van der Waals surface area contributed by atoms with Gasteiger partial charge in [0.25, 0.3) is 0 Å². The Hall–Kier alpha value is -2.75. The van der Waals surface area contributed by atoms with E-state index in [9.17, 15) is 4.79 Å². The third kappa shape index (κ3) is 4.07. The Kier molecular flexibility index (Phi) is 5.95. The summed E-state index contributed by atoms with van der Waals surface area (Å²) in [7, 11) is 0. The van der Waals surface area contributed by atoms with Gasteiger partial charge in [0.1, 0.15) is 5.82 Å². The molecule has 2 aromatic heterocycles. The molecule has 2 heterocycles. The number of nitrogens with zero attached hydrogens (tertiary/aromatic N) is 2. The lowest BCUT2D eigenvalue weighted by Gasteiger charge is -2.16. The van der Waals surface area contributed by atoms with E-state index in [-0.39, 0.29) is 11.8 Å². The maximum absolute atomic E-state index is 12.8. The average Bonchev–Trinajstić information content (AvgIpc) is 2.69. The first-order chi connectivity index (χ1) is 12.7. The number of amides is 1. The van der Waals surface area contributed by atoms with Crippen molar-refractivity contribution in [2.75, 3.05) is 5.32 Å². The van der Waals surface area contributed by atoms with E-state index in [1.54, 1.807) is 6.20 Å². The molecular weight excluding hydrogens is 322 g/mol. The monoisotopic (exact) mass is 347 g/mol. The first kappa shape index (κ1) is 18.1. The number of benzene rings is 1. The second kappa shape index (κ2) is 8.56. The van der Waals surface area contributed by atoms with Crippen LogP contribution in [0.2, 0.25) is 0 Å². The van der Waals surface area contributed by atoms with Crippen LogP contribution in [-0.4, -0.2) is 15.9 Å². The summed E-state index contributed by atoms with van der Waals surface area (Å²) in [6.07, 6.45) is 5.66. The SMILES string of the molecule is CCCC[C@@H](CC)C(=O)Nc1nc(-c2ccccn2)cc2ccccc12. The molecule has 0 fully saturated rings. The second-order valence-corrected chi connectivity index (χ2v) is 6.53. The Labute approximate surface area is 154 Å². The summed E-state index contributed by atoms with van der Waals surface area (Å²) in [6.45, 7) is 4.21. The molecule has 0 saturated carbocycles. The first-order valence-corrected chi connectivity index (χ1v) is 9.35. The molecule has 1 N–H and O–H groups in total. The number of hydrogen-bond acceptors (Lipinski definition) is 3. The third-order valence-electron chi connectivity index (χ3n) is 4.68. The fraction of sp³-hybridized carbons (Fsp3) is 0.318. The molecular formula is C22H25N3O. The van der Waals surface area contributed by atoms with Gasteiger partial charge in [-0.1, -0.05) is 57.0 Å². The maximum atomic E-state index is 12.8. The number of anilines is 1. The van der Waals surface area contributed by atoms with Crippen molar-refractivity contribution in [2.45, 2.75) is 39.5 Å². The molecule has 0 spiro atoms. The zero-order valence-electron chi connectivity index (χ0n) is 15.4. The van der Waals surface area contributed by atoms with E-state index >= 15 is 0 Å². The molecule has 3 rings (SSSR count). The van der Waals surface area contributed by atoms with Gasteiger partial charge in [0.05, 0.1) is 11.4 Å². The van der Waals surface area contributed by atoms with Crippen LogP contribution in [0.3, 0.4) is 0 Å². The summed E-state index contributed by atoms with van der Waals surface area (Å²) in [5, 5.41) is 5.07. The quantitative estimate of drug-likeness (QED) is 0.618. The van der Waals surface area contributed by atoms with Crippen LogP contribution >= 0.6 is 0 Å². The van der Waals surface area contributed by atoms with Crippen molar-refractivity contribution in [1.29, 1.82) is 0 Å². The lowest BCUT2D eigenvalue weighted by Crippen LogP contribution is -2.23. The van der Waals surface area contributed by atoms with Crippen molar-refractivity contribution in [1.82, 2.24) is 9.97 Å². The number of aromatic nitrogens is 2. The van der Waals surface area contributed by atoms with Crippen molar-refractivity contribution in [3.8, 4) is 11.4 Å². The molecule has 3 aromatic rings. The molecule has 0 bridgehead atoms. The van der Waals surface area contributed by atoms with Crippen molar-refractivity contribution >= 4 is 22.5 Å². The smallest absolute Gasteiger partial charge is 0.228 e. The zero-order chi connectivity index (χ0) is 18.4. The van der Waals surface area contributed by atoms with Gasteiger partial charge in [-0.05, 0) is 36.4 Å². The third-order valence-corrected chi connectivity index (χ3v) is 4.68. The molecule has 4 nitrogen and oxygen atoms in total. The number of rotatable bonds is 7. The van der Waals surface area contributed by atoms with Crippen LogP contribution < -0.4 is 5.32 Å². The predicted octanol–water partition coefficient (Wildman–Crippen LogP) is 5.45. The fourth-order valence-corrected chi connectivity index (χ4v) is 3.13. The second-order valence-electron chi connectivity index (χ2n) is 6.53. The lowest BCUT2D eigenvalue weighted by atomic mass is 9.98. The molecule has 0 unspecified atom stereocenters. The first-order valence-electron chi connectivity index (χ1n) is 9.35. The van der Waals surface area contributed by atoms with Gasteiger partial charge in [0, 0.05) is 17.5 Å². The standard InChI is InChI=1S/C22H25N3O/c1-3-5-10-16(4-2)22(26)25-21-18-12-7-6-11-17(18)15-20(24-21)19-13-8-9-14-23-19/h6-9,11-16H,3-5,10H2,1-2H3,(H,24,25,26)/t16-/m1/s1. The van der Waals surface area contributed by atoms with Crippen LogP contribution in [-0.2, 0) is 4.79 Å². The van der Waals surface area contributed by atoms with E-state index < -0.39 is 0 Å². The van der Waals surface area contributed by atoms with Crippen LogP contribution in [0.5, 0.6) is 0 Å². The number of pyridine rings is 2. The van der Waals surface area contributed by atoms with Gasteiger partial charge >= 0.3 is 0 Å². The van der Waals surface area contributed by atoms with Gasteiger partial charge < -0.3 is 5.32 Å². The summed E-state index contributed by atoms with van der Waals surface area (Å²) in [5.74, 6) is 0.689. The minimum atomic E-state index is 0.0222. The minimum Gasteiger partial charge on any atom is -0.310 e. The van der Waals surface area contributed by atoms with Crippen molar-refractivity contribution in [3.63, 3.8) is 0 Å². The normalized spacial score (nSPS) is 12.1. The topological polar surface area (TPSA) is 54.9 Å². The van der Waals surface area contributed by atoms with E-state index in [1.807, 2.05) is 48.5 Å². The lowest BCUT2D eigenvalue weighted by molar-refractivity contribution is -0.120. The molecule has 0 aliphatic heterocycles. The summed E-state index contributed by atoms with van der Waals surface area (Å²) >= 11 is 0. The summed E-state index contributed by atoms with van der Waals surface area (Å²) in [4.78, 5) is 21.9. The number of hydrogen-bond donors (Lipinski definition) is 1. The number of fused-ring (bicyclic) bond motifs is 1. The highest BCUT2D eigenvalue weighted by Gasteiger charge is 2.18. The maximum Gasteiger partial charge on any atom is 0.228 e. The predicted molar refractivity (Wildman–Crippen MR) is 107 cm³/mol. The number of carbonyl (C=O) groups excluding carboxylic acids is 1. The number of carbonyl (C=O) groups is 1. The summed E-state index contributed by atoms with van der Waals surface area (Å²) in [5.41, 5.74) is 1.56. The average molecular weight is 347 g/mol. The zero-order valence-corrected chi connectivity index (χ0v) is 15.4. The van der Waals surface area contributed by atoms with Crippen molar-refractivity contribution in [3.05, 3.63) is 54.7 Å². The van der Waals surface area contributed by atoms with Gasteiger partial charge in [-0.2, -0.15) is 0 Å². The molecule has 1 atom stereocenters. The van der Waals surface area contributed by atoms with Crippen LogP contribution in [0.15, 0.2) is 54.7 Å². The number of nitrogens with one attached hydrogen (secondary N) is 1. The fourth-order valence-electron chi connectivity index (χ4n) is 3.13. The van der Waals surface area contributed by atoms with Gasteiger partial charge in [-0.25, -0.2) is 4.98 Å². The van der Waals surface area contributed by atoms with Gasteiger partial charge in [0.2, 0.25) is 5.91 Å². The highest BCUT2D eigenvalue weighted by molar-refractivity contribution is 6.02. The van der Waals surface area contributed by atoms with E-state index in [1.165, 1.54) is 0 Å². The Bertz CT molecular complexity index is 877. The van der Waals surface area contributed by atoms with Crippen LogP contribution in [0.1, 0.15) is 39.5 Å². The van der Waals surface area contributed by atoms with Gasteiger partial charge in [-0.3, -0.25) is 9.78 Å². The van der Waals surface area contributed by atoms with Crippen LogP contribution in [0, 0.1) is 5.92 Å². The highest BCUT2D eigenvalue weighted by Crippen LogP contribution is 2.27. The Morgan fingerprint density at radius 1 is 1.08 bits per heavy atom. The van der Waals surface area contributed by atoms with Gasteiger partial charge in [0.15, 0.2) is 0 Å². The molecule has 4 heteroatoms. The minimum absolute atomic E-state index is 0.0222. The Morgan fingerprint density at radius 3 is 2.62 bits per heavy atom. The molecule has 0 radical (unpaired) electrons. The molecule has 0 aliphatic rings. The summed E-state index contributed by atoms with van der Waals surface area (Å²) in [6, 6.07) is 15.8. The Morgan fingerprint density at radius 2 is 1.88 bits per heavy atom. The highest BCUT2D eigenvalue weighted by atomic mass is 16.1. The molecule has 26 heavy (non-hydrogen) atoms. The molecule has 1 amide bonds. The van der Waals surface area contributed by atoms with Crippen LogP contribution in [0.4, 0.5) is 5.82 Å². The van der Waals surface area contributed by atoms with Gasteiger partial charge in [-0.15, -0.1) is 0 Å². The van der Waals surface area contributed by atoms with Crippen molar-refractivity contribution in [2.24, 2.45) is 5.92 Å². The summed E-state index contributed by atoms with van der Waals surface area (Å²) < 4.78 is 0. The molecule has 1 aromatic carbocycles. The van der Waals surface area contributed by atoms with Crippen LogP contribution in [0.25, 0.3) is 22.2 Å². The number of unbranched alkanes of at least 4 members (excludes halogenated alkanes) is 1. The molecule has 0 saturated heterocycles. The Balaban J connectivity index is 1.97. The van der Waals surface area contributed by atoms with Crippen molar-refractivity contribution < 1.29 is 4.79 Å².